The summed E-state index contributed by atoms with van der Waals surface area (Å²) in [4.78, 5) is 0. The van der Waals surface area contributed by atoms with E-state index in [1.807, 2.05) is 0 Å². The first-order valence-electron chi connectivity index (χ1n) is 8.15. The Kier molecular flexibility index (Phi) is 7.81. The van der Waals surface area contributed by atoms with Crippen molar-refractivity contribution in [1.29, 1.82) is 0 Å². The van der Waals surface area contributed by atoms with Gasteiger partial charge in [0, 0.05) is 12.8 Å². The number of aromatic hydroxyl groups is 2. The molecule has 0 amide bonds. The van der Waals surface area contributed by atoms with Crippen molar-refractivity contribution < 1.29 is 80.1 Å². The molecule has 0 unspecified atom stereocenters. The van der Waals surface area contributed by atoms with E-state index in [9.17, 15) is 71.0 Å². The van der Waals surface area contributed by atoms with E-state index in [2.05, 4.69) is 0 Å². The minimum absolute atomic E-state index is 2.06. The summed E-state index contributed by atoms with van der Waals surface area (Å²) >= 11 is 0. The molecule has 0 spiro atoms. The molecule has 34 heavy (non-hydrogen) atoms. The summed E-state index contributed by atoms with van der Waals surface area (Å²) in [6.07, 6.45) is -17.5. The maximum Gasteiger partial charge on any atom is 0.420 e. The van der Waals surface area contributed by atoms with Crippen molar-refractivity contribution in [3.63, 3.8) is 0 Å². The number of alkyl halides is 10. The van der Waals surface area contributed by atoms with E-state index < -0.39 is 103 Å². The molecule has 0 bridgehead atoms. The van der Waals surface area contributed by atoms with Gasteiger partial charge in [-0.1, -0.05) is 0 Å². The minimum Gasteiger partial charge on any atom is -0.507 e. The van der Waals surface area contributed by atoms with Crippen LogP contribution in [0.3, 0.4) is 0 Å². The van der Waals surface area contributed by atoms with Crippen LogP contribution in [0.2, 0.25) is 0 Å². The maximum atomic E-state index is 14.4. The van der Waals surface area contributed by atoms with Crippen LogP contribution in [-0.4, -0.2) is 47.7 Å². The van der Waals surface area contributed by atoms with Crippen molar-refractivity contribution in [3.8, 4) is 11.5 Å². The number of hydrogen-bond donors (Lipinski definition) is 4. The fraction of sp³-hybridized carbons (Fsp3) is 0.571. The van der Waals surface area contributed by atoms with E-state index in [-0.39, 0.29) is 0 Å². The van der Waals surface area contributed by atoms with Gasteiger partial charge in [0.1, 0.15) is 22.6 Å². The second-order valence-corrected chi connectivity index (χ2v) is 9.82. The highest BCUT2D eigenvalue weighted by atomic mass is 32.2. The van der Waals surface area contributed by atoms with Gasteiger partial charge in [-0.05, 0) is 0 Å². The second kappa shape index (κ2) is 8.86. The molecular weight excluding hydrogens is 550 g/mol. The Labute approximate surface area is 183 Å². The quantitative estimate of drug-likeness (QED) is 0.212. The van der Waals surface area contributed by atoms with Crippen LogP contribution in [0.5, 0.6) is 11.5 Å². The fourth-order valence-corrected chi connectivity index (χ4v) is 3.78. The first kappa shape index (κ1) is 30.0. The SMILES string of the molecule is O=S(=O)(O)CCC(F)(F)c1c(O)c(C(F)(F)F)c(C(F)(F)CCS(=O)(=O)O)c(O)c1C(F)(F)F. The average molecular weight is 562 g/mol. The lowest BCUT2D eigenvalue weighted by Crippen LogP contribution is -2.29. The van der Waals surface area contributed by atoms with Crippen LogP contribution >= 0.6 is 0 Å². The predicted octanol–water partition coefficient (Wildman–Crippen LogP) is 3.87. The third-order valence-corrected chi connectivity index (χ3v) is 5.53. The number of halogens is 10. The van der Waals surface area contributed by atoms with Gasteiger partial charge in [0.15, 0.2) is 0 Å². The van der Waals surface area contributed by atoms with E-state index in [1.165, 1.54) is 0 Å². The lowest BCUT2D eigenvalue weighted by Gasteiger charge is -2.29. The van der Waals surface area contributed by atoms with E-state index >= 15 is 0 Å². The zero-order valence-electron chi connectivity index (χ0n) is 15.8. The van der Waals surface area contributed by atoms with Gasteiger partial charge in [-0.15, -0.1) is 0 Å². The molecule has 20 heteroatoms. The molecule has 0 aliphatic rings. The van der Waals surface area contributed by atoms with Gasteiger partial charge in [0.25, 0.3) is 32.1 Å². The Bertz CT molecular complexity index is 1060. The van der Waals surface area contributed by atoms with Gasteiger partial charge in [0.2, 0.25) is 0 Å². The van der Waals surface area contributed by atoms with Crippen molar-refractivity contribution in [1.82, 2.24) is 0 Å². The lowest BCUT2D eigenvalue weighted by atomic mass is 9.87. The van der Waals surface area contributed by atoms with Crippen LogP contribution in [0.4, 0.5) is 43.9 Å². The first-order valence-corrected chi connectivity index (χ1v) is 11.4. The highest BCUT2D eigenvalue weighted by Crippen LogP contribution is 2.58. The Morgan fingerprint density at radius 3 is 0.941 bits per heavy atom. The van der Waals surface area contributed by atoms with Gasteiger partial charge >= 0.3 is 12.4 Å². The summed E-state index contributed by atoms with van der Waals surface area (Å²) in [6, 6.07) is 0. The van der Waals surface area contributed by atoms with Gasteiger partial charge in [-0.25, -0.2) is 17.6 Å². The molecule has 0 aliphatic heterocycles. The average Bonchev–Trinajstić information content (AvgIpc) is 2.56. The van der Waals surface area contributed by atoms with Crippen LogP contribution in [0, 0.1) is 0 Å². The number of benzene rings is 1. The molecule has 0 aliphatic carbocycles. The van der Waals surface area contributed by atoms with Crippen LogP contribution in [0.15, 0.2) is 0 Å². The van der Waals surface area contributed by atoms with E-state index in [1.54, 1.807) is 0 Å². The standard InChI is InChI=1S/C14H12F10O8S2/c15-11(16,1-3-33(27,28)29)5-7(13(19,20)21)10(26)6(8(9(5)25)14(22,23)24)12(17,18)2-4-34(30,31)32/h25-26H,1-4H2,(H,27,28,29)(H,30,31,32). The normalized spacial score (nSPS) is 14.5. The molecular formula is C14H12F10O8S2. The second-order valence-electron chi connectivity index (χ2n) is 6.67. The third-order valence-electron chi connectivity index (χ3n) is 4.09. The maximum absolute atomic E-state index is 14.4. The molecule has 0 fully saturated rings. The van der Waals surface area contributed by atoms with Gasteiger partial charge < -0.3 is 10.2 Å². The Balaban J connectivity index is 4.18. The van der Waals surface area contributed by atoms with Gasteiger partial charge in [-0.3, -0.25) is 9.11 Å². The summed E-state index contributed by atoms with van der Waals surface area (Å²) in [5, 5.41) is 19.4. The number of phenolic OH excluding ortho intramolecular Hbond substituents is 2. The molecule has 0 atom stereocenters. The van der Waals surface area contributed by atoms with E-state index in [0.29, 0.717) is 0 Å². The molecule has 0 heterocycles. The largest absolute Gasteiger partial charge is 0.507 e. The van der Waals surface area contributed by atoms with Crippen molar-refractivity contribution in [2.24, 2.45) is 0 Å². The van der Waals surface area contributed by atoms with Gasteiger partial charge in [-0.2, -0.15) is 43.2 Å². The molecule has 1 aromatic carbocycles. The van der Waals surface area contributed by atoms with E-state index in [4.69, 9.17) is 9.11 Å². The number of hydrogen-bond acceptors (Lipinski definition) is 6. The molecule has 4 N–H and O–H groups in total. The number of phenols is 2. The Morgan fingerprint density at radius 1 is 0.529 bits per heavy atom. The molecule has 1 aromatic rings. The predicted molar refractivity (Wildman–Crippen MR) is 89.6 cm³/mol. The molecule has 0 saturated carbocycles. The highest BCUT2D eigenvalue weighted by Gasteiger charge is 2.56. The Morgan fingerprint density at radius 2 is 0.765 bits per heavy atom. The van der Waals surface area contributed by atoms with E-state index in [0.717, 1.165) is 0 Å². The fourth-order valence-electron chi connectivity index (χ4n) is 2.75. The van der Waals surface area contributed by atoms with Crippen LogP contribution < -0.4 is 0 Å². The van der Waals surface area contributed by atoms with Gasteiger partial charge in [0.05, 0.1) is 22.6 Å². The summed E-state index contributed by atoms with van der Waals surface area (Å²) in [6.45, 7) is 0. The highest BCUT2D eigenvalue weighted by molar-refractivity contribution is 7.86. The van der Waals surface area contributed by atoms with Crippen LogP contribution in [0.1, 0.15) is 35.1 Å². The lowest BCUT2D eigenvalue weighted by molar-refractivity contribution is -0.150. The van der Waals surface area contributed by atoms with Crippen molar-refractivity contribution in [3.05, 3.63) is 22.3 Å². The topological polar surface area (TPSA) is 149 Å². The summed E-state index contributed by atoms with van der Waals surface area (Å²) in [5.41, 5.74) is -12.9. The molecule has 8 nitrogen and oxygen atoms in total. The number of rotatable bonds is 8. The summed E-state index contributed by atoms with van der Waals surface area (Å²) in [7, 11) is -10.7. The monoisotopic (exact) mass is 562 g/mol. The molecule has 0 saturated heterocycles. The summed E-state index contributed by atoms with van der Waals surface area (Å²) in [5.74, 6) is -21.3. The molecule has 0 aromatic heterocycles. The zero-order valence-corrected chi connectivity index (χ0v) is 17.5. The third kappa shape index (κ3) is 6.98. The Hall–Kier alpha value is -2.06. The molecule has 0 radical (unpaired) electrons. The van der Waals surface area contributed by atoms with Crippen molar-refractivity contribution in [2.75, 3.05) is 11.5 Å². The first-order chi connectivity index (χ1) is 14.7. The molecule has 1 rings (SSSR count). The van der Waals surface area contributed by atoms with Crippen molar-refractivity contribution >= 4 is 20.2 Å². The molecule has 198 valence electrons. The van der Waals surface area contributed by atoms with Crippen molar-refractivity contribution in [2.45, 2.75) is 37.0 Å². The summed E-state index contributed by atoms with van der Waals surface area (Å²) < 4.78 is 198. The van der Waals surface area contributed by atoms with Crippen LogP contribution in [0.25, 0.3) is 0 Å². The smallest absolute Gasteiger partial charge is 0.420 e. The van der Waals surface area contributed by atoms with Crippen LogP contribution in [-0.2, 0) is 44.4 Å². The zero-order chi connectivity index (χ0) is 27.3. The minimum atomic E-state index is -6.36.